The maximum atomic E-state index is 12.1. The normalized spacial score (nSPS) is 12.5. The molecule has 2 N–H and O–H groups in total. The zero-order chi connectivity index (χ0) is 17.7. The minimum absolute atomic E-state index is 0.236. The average molecular weight is 343 g/mol. The molecule has 2 rings (SSSR count). The number of carbonyl (C=O) groups is 1. The van der Waals surface area contributed by atoms with E-state index in [-0.39, 0.29) is 17.6 Å². The molecule has 0 bridgehead atoms. The van der Waals surface area contributed by atoms with Gasteiger partial charge in [-0.25, -0.2) is 9.78 Å². The second kappa shape index (κ2) is 7.24. The average Bonchev–Trinajstić information content (AvgIpc) is 2.91. The lowest BCUT2D eigenvalue weighted by atomic mass is 10.2. The Bertz CT molecular complexity index is 701. The molecular weight excluding hydrogens is 327 g/mol. The zero-order valence-corrected chi connectivity index (χ0v) is 13.0. The molecule has 0 aliphatic heterocycles. The lowest BCUT2D eigenvalue weighted by Gasteiger charge is -2.13. The molecule has 6 nitrogen and oxygen atoms in total. The van der Waals surface area contributed by atoms with Crippen LogP contribution in [0.1, 0.15) is 24.5 Å². The number of hydrogen-bond donors (Lipinski definition) is 2. The minimum Gasteiger partial charge on any atom is -0.468 e. The number of urea groups is 1. The Morgan fingerprint density at radius 3 is 2.75 bits per heavy atom. The molecule has 2 aromatic rings. The molecular formula is C15H16F3N3O3. The molecule has 0 aliphatic carbocycles. The summed E-state index contributed by atoms with van der Waals surface area (Å²) >= 11 is 0. The van der Waals surface area contributed by atoms with E-state index < -0.39 is 18.8 Å². The van der Waals surface area contributed by atoms with Crippen LogP contribution >= 0.6 is 0 Å². The van der Waals surface area contributed by atoms with Gasteiger partial charge in [0.05, 0.1) is 6.04 Å². The van der Waals surface area contributed by atoms with Crippen molar-refractivity contribution in [3.8, 4) is 5.88 Å². The fraction of sp³-hybridized carbons (Fsp3) is 0.333. The summed E-state index contributed by atoms with van der Waals surface area (Å²) in [6.07, 6.45) is -3.22. The third-order valence-electron chi connectivity index (χ3n) is 2.91. The van der Waals surface area contributed by atoms with Crippen molar-refractivity contribution in [3.05, 3.63) is 42.0 Å². The molecule has 0 spiro atoms. The standard InChI is InChI=1S/C15H16F3N3O3/c1-9-3-4-12(24-9)10(2)20-14(22)21-11-5-6-19-13(7-11)23-8-15(16,17)18/h3-7,10H,8H2,1-2H3,(H2,19,20,21,22)/t10-/m0/s1. The summed E-state index contributed by atoms with van der Waals surface area (Å²) in [5, 5.41) is 5.14. The lowest BCUT2D eigenvalue weighted by molar-refractivity contribution is -0.154. The van der Waals surface area contributed by atoms with Crippen molar-refractivity contribution in [2.75, 3.05) is 11.9 Å². The highest BCUT2D eigenvalue weighted by atomic mass is 19.4. The van der Waals surface area contributed by atoms with Gasteiger partial charge >= 0.3 is 12.2 Å². The van der Waals surface area contributed by atoms with Gasteiger partial charge in [-0.1, -0.05) is 0 Å². The molecule has 0 saturated carbocycles. The summed E-state index contributed by atoms with van der Waals surface area (Å²) in [5.41, 5.74) is 0.252. The maximum absolute atomic E-state index is 12.1. The molecule has 2 heterocycles. The van der Waals surface area contributed by atoms with Crippen molar-refractivity contribution in [1.29, 1.82) is 0 Å². The van der Waals surface area contributed by atoms with Gasteiger partial charge in [0, 0.05) is 18.0 Å². The van der Waals surface area contributed by atoms with E-state index in [2.05, 4.69) is 20.4 Å². The zero-order valence-electron chi connectivity index (χ0n) is 13.0. The van der Waals surface area contributed by atoms with E-state index in [1.54, 1.807) is 26.0 Å². The summed E-state index contributed by atoms with van der Waals surface area (Å²) in [6, 6.07) is 5.24. The number of nitrogens with one attached hydrogen (secondary N) is 2. The Labute approximate surface area is 136 Å². The van der Waals surface area contributed by atoms with Gasteiger partial charge in [0.1, 0.15) is 11.5 Å². The molecule has 0 unspecified atom stereocenters. The van der Waals surface area contributed by atoms with Crippen LogP contribution in [0.5, 0.6) is 5.88 Å². The van der Waals surface area contributed by atoms with Crippen LogP contribution in [0, 0.1) is 6.92 Å². The van der Waals surface area contributed by atoms with Gasteiger partial charge in [-0.2, -0.15) is 13.2 Å². The number of pyridine rings is 1. The predicted molar refractivity (Wildman–Crippen MR) is 79.8 cm³/mol. The third-order valence-corrected chi connectivity index (χ3v) is 2.91. The van der Waals surface area contributed by atoms with Crippen LogP contribution in [0.2, 0.25) is 0 Å². The second-order valence-corrected chi connectivity index (χ2v) is 5.06. The number of halogens is 3. The summed E-state index contributed by atoms with van der Waals surface area (Å²) in [6.45, 7) is 2.07. The van der Waals surface area contributed by atoms with Crippen LogP contribution in [-0.4, -0.2) is 23.8 Å². The quantitative estimate of drug-likeness (QED) is 0.866. The first kappa shape index (κ1) is 17.6. The molecule has 24 heavy (non-hydrogen) atoms. The Kier molecular flexibility index (Phi) is 5.32. The van der Waals surface area contributed by atoms with Gasteiger partial charge < -0.3 is 19.8 Å². The van der Waals surface area contributed by atoms with Gasteiger partial charge in [-0.15, -0.1) is 0 Å². The van der Waals surface area contributed by atoms with Crippen molar-refractivity contribution in [2.24, 2.45) is 0 Å². The summed E-state index contributed by atoms with van der Waals surface area (Å²) in [4.78, 5) is 15.6. The molecule has 2 aromatic heterocycles. The van der Waals surface area contributed by atoms with Crippen LogP contribution in [0.3, 0.4) is 0 Å². The van der Waals surface area contributed by atoms with E-state index >= 15 is 0 Å². The Balaban J connectivity index is 1.91. The smallest absolute Gasteiger partial charge is 0.422 e. The molecule has 0 radical (unpaired) electrons. The highest BCUT2D eigenvalue weighted by Crippen LogP contribution is 2.20. The van der Waals surface area contributed by atoms with E-state index in [9.17, 15) is 18.0 Å². The van der Waals surface area contributed by atoms with Crippen LogP contribution in [0.25, 0.3) is 0 Å². The molecule has 9 heteroatoms. The van der Waals surface area contributed by atoms with Crippen LogP contribution in [0.4, 0.5) is 23.7 Å². The topological polar surface area (TPSA) is 76.4 Å². The van der Waals surface area contributed by atoms with Crippen molar-refractivity contribution in [2.45, 2.75) is 26.1 Å². The number of carbonyl (C=O) groups excluding carboxylic acids is 1. The number of nitrogens with zero attached hydrogens (tertiary/aromatic N) is 1. The first-order valence-corrected chi connectivity index (χ1v) is 7.02. The number of rotatable bonds is 5. The third kappa shape index (κ3) is 5.49. The first-order valence-electron chi connectivity index (χ1n) is 7.02. The lowest BCUT2D eigenvalue weighted by Crippen LogP contribution is -2.31. The van der Waals surface area contributed by atoms with Gasteiger partial charge in [-0.3, -0.25) is 0 Å². The molecule has 0 aromatic carbocycles. The first-order chi connectivity index (χ1) is 11.2. The number of alkyl halides is 3. The van der Waals surface area contributed by atoms with Crippen molar-refractivity contribution in [3.63, 3.8) is 0 Å². The highest BCUT2D eigenvalue weighted by molar-refractivity contribution is 5.89. The molecule has 2 amide bonds. The van der Waals surface area contributed by atoms with Gasteiger partial charge in [0.2, 0.25) is 5.88 Å². The largest absolute Gasteiger partial charge is 0.468 e. The number of aromatic nitrogens is 1. The maximum Gasteiger partial charge on any atom is 0.422 e. The Morgan fingerprint density at radius 2 is 2.12 bits per heavy atom. The molecule has 1 atom stereocenters. The predicted octanol–water partition coefficient (Wildman–Crippen LogP) is 3.81. The number of hydrogen-bond acceptors (Lipinski definition) is 4. The van der Waals surface area contributed by atoms with Gasteiger partial charge in [0.15, 0.2) is 6.61 Å². The van der Waals surface area contributed by atoms with E-state index in [4.69, 9.17) is 4.42 Å². The van der Waals surface area contributed by atoms with E-state index in [1.807, 2.05) is 0 Å². The summed E-state index contributed by atoms with van der Waals surface area (Å²) < 4.78 is 46.3. The van der Waals surface area contributed by atoms with E-state index in [0.29, 0.717) is 5.76 Å². The number of ether oxygens (including phenoxy) is 1. The monoisotopic (exact) mass is 343 g/mol. The minimum atomic E-state index is -4.46. The second-order valence-electron chi connectivity index (χ2n) is 5.06. The van der Waals surface area contributed by atoms with Crippen molar-refractivity contribution < 1.29 is 27.1 Å². The van der Waals surface area contributed by atoms with Gasteiger partial charge in [0.25, 0.3) is 0 Å². The van der Waals surface area contributed by atoms with Crippen molar-refractivity contribution in [1.82, 2.24) is 10.3 Å². The SMILES string of the molecule is Cc1ccc([C@H](C)NC(=O)Nc2ccnc(OCC(F)(F)F)c2)o1. The number of furan rings is 1. The Hall–Kier alpha value is -2.71. The van der Waals surface area contributed by atoms with E-state index in [0.717, 1.165) is 5.76 Å². The van der Waals surface area contributed by atoms with Crippen LogP contribution < -0.4 is 15.4 Å². The van der Waals surface area contributed by atoms with Crippen LogP contribution in [-0.2, 0) is 0 Å². The molecule has 0 saturated heterocycles. The highest BCUT2D eigenvalue weighted by Gasteiger charge is 2.28. The molecule has 0 aliphatic rings. The van der Waals surface area contributed by atoms with Crippen molar-refractivity contribution >= 4 is 11.7 Å². The Morgan fingerprint density at radius 1 is 1.38 bits per heavy atom. The van der Waals surface area contributed by atoms with Gasteiger partial charge in [-0.05, 0) is 32.0 Å². The van der Waals surface area contributed by atoms with E-state index in [1.165, 1.54) is 18.3 Å². The van der Waals surface area contributed by atoms with Crippen LogP contribution in [0.15, 0.2) is 34.9 Å². The number of anilines is 1. The number of amides is 2. The molecule has 0 fully saturated rings. The summed E-state index contributed by atoms with van der Waals surface area (Å²) in [7, 11) is 0. The molecule has 130 valence electrons. The fourth-order valence-corrected chi connectivity index (χ4v) is 1.84. The fourth-order valence-electron chi connectivity index (χ4n) is 1.84. The summed E-state index contributed by atoms with van der Waals surface area (Å²) in [5.74, 6) is 1.08. The number of aryl methyl sites for hydroxylation is 1.